The lowest BCUT2D eigenvalue weighted by Gasteiger charge is -2.12. The van der Waals surface area contributed by atoms with Gasteiger partial charge < -0.3 is 10.5 Å². The maximum absolute atomic E-state index is 5.65. The first-order valence-electron chi connectivity index (χ1n) is 4.27. The van der Waals surface area contributed by atoms with E-state index in [1.54, 1.807) is 0 Å². The minimum atomic E-state index is 0.0754. The maximum atomic E-state index is 5.65. The summed E-state index contributed by atoms with van der Waals surface area (Å²) in [6.45, 7) is 3.75. The van der Waals surface area contributed by atoms with Gasteiger partial charge in [-0.05, 0) is 12.3 Å². The smallest absolute Gasteiger partial charge is 0.0970 e. The van der Waals surface area contributed by atoms with Crippen molar-refractivity contribution in [3.8, 4) is 0 Å². The molecule has 0 amide bonds. The molecule has 1 aliphatic heterocycles. The van der Waals surface area contributed by atoms with Crippen LogP contribution >= 0.6 is 12.2 Å². The summed E-state index contributed by atoms with van der Waals surface area (Å²) in [5.41, 5.74) is 5.72. The molecule has 1 saturated heterocycles. The molecule has 0 aromatic heterocycles. The van der Waals surface area contributed by atoms with Crippen molar-refractivity contribution in [3.05, 3.63) is 0 Å². The van der Waals surface area contributed by atoms with Gasteiger partial charge in [0.05, 0.1) is 17.8 Å². The van der Waals surface area contributed by atoms with Crippen LogP contribution < -0.4 is 11.1 Å². The predicted octanol–water partition coefficient (Wildman–Crippen LogP) is 0.245. The molecule has 1 saturated carbocycles. The summed E-state index contributed by atoms with van der Waals surface area (Å²) in [6, 6.07) is 0. The number of nitrogens with two attached hydrogens (primary N) is 1. The largest absolute Gasteiger partial charge is 0.393 e. The van der Waals surface area contributed by atoms with Crippen molar-refractivity contribution in [1.82, 2.24) is 5.32 Å². The van der Waals surface area contributed by atoms with Crippen molar-refractivity contribution in [2.45, 2.75) is 19.4 Å². The van der Waals surface area contributed by atoms with Gasteiger partial charge in [0.15, 0.2) is 0 Å². The van der Waals surface area contributed by atoms with Gasteiger partial charge in [0.25, 0.3) is 0 Å². The zero-order chi connectivity index (χ0) is 8.77. The van der Waals surface area contributed by atoms with Crippen molar-refractivity contribution in [3.63, 3.8) is 0 Å². The second kappa shape index (κ2) is 2.65. The van der Waals surface area contributed by atoms with Gasteiger partial charge in [-0.2, -0.15) is 0 Å². The molecular formula is C8H14N2OS. The minimum Gasteiger partial charge on any atom is -0.393 e. The molecule has 3 nitrogen and oxygen atoms in total. The molecule has 3 atom stereocenters. The highest BCUT2D eigenvalue weighted by Crippen LogP contribution is 2.55. The Morgan fingerprint density at radius 1 is 1.75 bits per heavy atom. The summed E-state index contributed by atoms with van der Waals surface area (Å²) in [5, 5.41) is 3.16. The Labute approximate surface area is 77.6 Å². The van der Waals surface area contributed by atoms with E-state index in [4.69, 9.17) is 22.7 Å². The van der Waals surface area contributed by atoms with E-state index in [-0.39, 0.29) is 5.41 Å². The highest BCUT2D eigenvalue weighted by atomic mass is 32.1. The monoisotopic (exact) mass is 186 g/mol. The second-order valence-electron chi connectivity index (χ2n) is 3.90. The third-order valence-electron chi connectivity index (χ3n) is 3.06. The van der Waals surface area contributed by atoms with E-state index in [1.807, 2.05) is 0 Å². The Bertz CT molecular complexity index is 215. The van der Waals surface area contributed by atoms with Gasteiger partial charge in [0.1, 0.15) is 0 Å². The summed E-state index contributed by atoms with van der Waals surface area (Å²) in [4.78, 5) is 0.642. The summed E-state index contributed by atoms with van der Waals surface area (Å²) < 4.78 is 5.50. The summed E-state index contributed by atoms with van der Waals surface area (Å²) in [5.74, 6) is 0.546. The number of nitrogens with one attached hydrogen (secondary N) is 1. The van der Waals surface area contributed by atoms with Crippen molar-refractivity contribution < 1.29 is 4.74 Å². The molecule has 12 heavy (non-hydrogen) atoms. The number of ether oxygens (including phenoxy) is 1. The topological polar surface area (TPSA) is 47.3 Å². The molecule has 68 valence electrons. The molecule has 0 radical (unpaired) electrons. The van der Waals surface area contributed by atoms with Crippen LogP contribution in [0.2, 0.25) is 0 Å². The Morgan fingerprint density at radius 3 is 2.92 bits per heavy atom. The molecule has 0 spiro atoms. The molecule has 3 N–H and O–H groups in total. The third-order valence-corrected chi connectivity index (χ3v) is 3.53. The van der Waals surface area contributed by atoms with Gasteiger partial charge >= 0.3 is 0 Å². The van der Waals surface area contributed by atoms with E-state index in [1.165, 1.54) is 0 Å². The van der Waals surface area contributed by atoms with Gasteiger partial charge in [-0.3, -0.25) is 5.32 Å². The Kier molecular flexibility index (Phi) is 1.86. The Hall–Kier alpha value is -0.190. The SMILES string of the molecule is CC1(C(N)=S)CC1C1CNCO1. The van der Waals surface area contributed by atoms with Crippen molar-refractivity contribution in [1.29, 1.82) is 0 Å². The molecule has 2 fully saturated rings. The lowest BCUT2D eigenvalue weighted by Crippen LogP contribution is -2.27. The first-order chi connectivity index (χ1) is 5.64. The molecule has 2 rings (SSSR count). The Balaban J connectivity index is 1.97. The molecule has 2 aliphatic rings. The van der Waals surface area contributed by atoms with Gasteiger partial charge in [0.2, 0.25) is 0 Å². The average Bonchev–Trinajstić information content (AvgIpc) is 2.49. The molecule has 0 aromatic rings. The fourth-order valence-corrected chi connectivity index (χ4v) is 2.14. The van der Waals surface area contributed by atoms with E-state index < -0.39 is 0 Å². The first kappa shape index (κ1) is 8.41. The molecule has 1 aliphatic carbocycles. The fraction of sp³-hybridized carbons (Fsp3) is 0.875. The predicted molar refractivity (Wildman–Crippen MR) is 50.7 cm³/mol. The summed E-state index contributed by atoms with van der Waals surface area (Å²) in [7, 11) is 0. The maximum Gasteiger partial charge on any atom is 0.0970 e. The standard InChI is InChI=1S/C8H14N2OS/c1-8(7(9)12)2-5(8)6-3-10-4-11-6/h5-6,10H,2-4H2,1H3,(H2,9,12). The van der Waals surface area contributed by atoms with Crippen LogP contribution in [0.5, 0.6) is 0 Å². The van der Waals surface area contributed by atoms with Crippen LogP contribution in [-0.2, 0) is 4.74 Å². The van der Waals surface area contributed by atoms with Crippen LogP contribution in [0, 0.1) is 11.3 Å². The van der Waals surface area contributed by atoms with E-state index >= 15 is 0 Å². The molecule has 0 aromatic carbocycles. The number of thiocarbonyl (C=S) groups is 1. The molecular weight excluding hydrogens is 172 g/mol. The van der Waals surface area contributed by atoms with Gasteiger partial charge in [-0.25, -0.2) is 0 Å². The molecule has 4 heteroatoms. The van der Waals surface area contributed by atoms with Gasteiger partial charge in [-0.15, -0.1) is 0 Å². The van der Waals surface area contributed by atoms with Crippen LogP contribution in [0.4, 0.5) is 0 Å². The normalized spacial score (nSPS) is 46.1. The number of hydrogen-bond acceptors (Lipinski definition) is 3. The second-order valence-corrected chi connectivity index (χ2v) is 4.34. The van der Waals surface area contributed by atoms with E-state index in [2.05, 4.69) is 12.2 Å². The molecule has 1 heterocycles. The molecule has 3 unspecified atom stereocenters. The number of rotatable bonds is 2. The van der Waals surface area contributed by atoms with Crippen LogP contribution in [0.1, 0.15) is 13.3 Å². The fourth-order valence-electron chi connectivity index (χ4n) is 1.91. The van der Waals surface area contributed by atoms with E-state index in [0.717, 1.165) is 13.0 Å². The van der Waals surface area contributed by atoms with Crippen molar-refractivity contribution in [2.24, 2.45) is 17.1 Å². The van der Waals surface area contributed by atoms with Crippen LogP contribution in [0.25, 0.3) is 0 Å². The van der Waals surface area contributed by atoms with E-state index in [0.29, 0.717) is 23.7 Å². The van der Waals surface area contributed by atoms with Gasteiger partial charge in [0, 0.05) is 12.0 Å². The summed E-state index contributed by atoms with van der Waals surface area (Å²) in [6.07, 6.45) is 1.42. The van der Waals surface area contributed by atoms with Crippen LogP contribution in [0.3, 0.4) is 0 Å². The van der Waals surface area contributed by atoms with Crippen LogP contribution in [-0.4, -0.2) is 24.4 Å². The van der Waals surface area contributed by atoms with Crippen molar-refractivity contribution in [2.75, 3.05) is 13.3 Å². The lowest BCUT2D eigenvalue weighted by molar-refractivity contribution is 0.0911. The average molecular weight is 186 g/mol. The number of hydrogen-bond donors (Lipinski definition) is 2. The minimum absolute atomic E-state index is 0.0754. The first-order valence-corrected chi connectivity index (χ1v) is 4.67. The van der Waals surface area contributed by atoms with Gasteiger partial charge in [-0.1, -0.05) is 19.1 Å². The molecule has 0 bridgehead atoms. The lowest BCUT2D eigenvalue weighted by atomic mass is 10.0. The van der Waals surface area contributed by atoms with E-state index in [9.17, 15) is 0 Å². The zero-order valence-corrected chi connectivity index (χ0v) is 7.99. The Morgan fingerprint density at radius 2 is 2.50 bits per heavy atom. The third kappa shape index (κ3) is 1.14. The highest BCUT2D eigenvalue weighted by molar-refractivity contribution is 7.80. The van der Waals surface area contributed by atoms with Crippen LogP contribution in [0.15, 0.2) is 0 Å². The van der Waals surface area contributed by atoms with Crippen molar-refractivity contribution >= 4 is 17.2 Å². The summed E-state index contributed by atoms with van der Waals surface area (Å²) >= 11 is 5.01. The highest BCUT2D eigenvalue weighted by Gasteiger charge is 2.57. The quantitative estimate of drug-likeness (QED) is 0.607. The zero-order valence-electron chi connectivity index (χ0n) is 7.17.